The van der Waals surface area contributed by atoms with E-state index in [1.54, 1.807) is 0 Å². The van der Waals surface area contributed by atoms with Crippen molar-refractivity contribution in [2.45, 2.75) is 6.42 Å². The van der Waals surface area contributed by atoms with E-state index in [0.717, 1.165) is 20.9 Å². The lowest BCUT2D eigenvalue weighted by Gasteiger charge is -1.99. The third kappa shape index (κ3) is 1.32. The molecule has 2 rings (SSSR count). The summed E-state index contributed by atoms with van der Waals surface area (Å²) in [7, 11) is 2.00. The first-order valence-corrected chi connectivity index (χ1v) is 5.12. The maximum atomic E-state index is 8.70. The number of hydrogen-bond acceptors (Lipinski definition) is 1. The van der Waals surface area contributed by atoms with E-state index in [0.29, 0.717) is 6.42 Å². The van der Waals surface area contributed by atoms with Gasteiger partial charge in [0.15, 0.2) is 0 Å². The van der Waals surface area contributed by atoms with Crippen LogP contribution >= 0.6 is 15.9 Å². The normalized spacial score (nSPS) is 10.4. The average Bonchev–Trinajstić information content (AvgIpc) is 2.44. The summed E-state index contributed by atoms with van der Waals surface area (Å²) in [6.07, 6.45) is 2.48. The molecule has 70 valence electrons. The Labute approximate surface area is 90.9 Å². The van der Waals surface area contributed by atoms with Gasteiger partial charge in [0.2, 0.25) is 0 Å². The van der Waals surface area contributed by atoms with Crippen LogP contribution < -0.4 is 0 Å². The summed E-state index contributed by atoms with van der Waals surface area (Å²) < 4.78 is 3.11. The molecule has 0 unspecified atom stereocenters. The van der Waals surface area contributed by atoms with Crippen LogP contribution in [0.5, 0.6) is 0 Å². The van der Waals surface area contributed by atoms with E-state index in [2.05, 4.69) is 32.6 Å². The third-order valence-electron chi connectivity index (χ3n) is 2.32. The molecular formula is C11H9BrN2. The summed E-state index contributed by atoms with van der Waals surface area (Å²) in [6, 6.07) is 8.22. The van der Waals surface area contributed by atoms with E-state index in [1.165, 1.54) is 0 Å². The molecule has 0 saturated heterocycles. The minimum absolute atomic E-state index is 0.458. The lowest BCUT2D eigenvalue weighted by atomic mass is 10.1. The SMILES string of the molecule is Cn1cc(Br)c2c(CC#N)cccc21. The fourth-order valence-electron chi connectivity index (χ4n) is 1.69. The van der Waals surface area contributed by atoms with Crippen LogP contribution in [0.25, 0.3) is 10.9 Å². The van der Waals surface area contributed by atoms with Crippen molar-refractivity contribution < 1.29 is 0 Å². The zero-order valence-electron chi connectivity index (χ0n) is 7.79. The number of aryl methyl sites for hydroxylation is 1. The number of halogens is 1. The van der Waals surface area contributed by atoms with Gasteiger partial charge in [-0.05, 0) is 27.6 Å². The molecular weight excluding hydrogens is 240 g/mol. The van der Waals surface area contributed by atoms with Gasteiger partial charge in [-0.2, -0.15) is 5.26 Å². The molecule has 0 saturated carbocycles. The zero-order chi connectivity index (χ0) is 10.1. The third-order valence-corrected chi connectivity index (χ3v) is 2.93. The molecule has 3 heteroatoms. The molecule has 1 aromatic carbocycles. The van der Waals surface area contributed by atoms with Gasteiger partial charge in [0.25, 0.3) is 0 Å². The summed E-state index contributed by atoms with van der Waals surface area (Å²) in [6.45, 7) is 0. The summed E-state index contributed by atoms with van der Waals surface area (Å²) in [5.74, 6) is 0. The molecule has 0 bridgehead atoms. The van der Waals surface area contributed by atoms with Gasteiger partial charge in [0.1, 0.15) is 0 Å². The van der Waals surface area contributed by atoms with Crippen LogP contribution in [0.2, 0.25) is 0 Å². The van der Waals surface area contributed by atoms with Crippen molar-refractivity contribution in [2.24, 2.45) is 7.05 Å². The van der Waals surface area contributed by atoms with Crippen LogP contribution in [0.15, 0.2) is 28.9 Å². The Morgan fingerprint density at radius 2 is 2.29 bits per heavy atom. The van der Waals surface area contributed by atoms with Gasteiger partial charge >= 0.3 is 0 Å². The topological polar surface area (TPSA) is 28.7 Å². The molecule has 0 N–H and O–H groups in total. The first-order chi connectivity index (χ1) is 6.74. The second-order valence-corrected chi connectivity index (χ2v) is 4.09. The van der Waals surface area contributed by atoms with Gasteiger partial charge in [0, 0.05) is 28.6 Å². The Morgan fingerprint density at radius 3 is 3.00 bits per heavy atom. The Hall–Kier alpha value is -1.27. The first kappa shape index (κ1) is 9.29. The van der Waals surface area contributed by atoms with Crippen LogP contribution in [0, 0.1) is 11.3 Å². The van der Waals surface area contributed by atoms with Crippen LogP contribution in [-0.4, -0.2) is 4.57 Å². The largest absolute Gasteiger partial charge is 0.349 e. The van der Waals surface area contributed by atoms with E-state index >= 15 is 0 Å². The van der Waals surface area contributed by atoms with Gasteiger partial charge in [-0.1, -0.05) is 12.1 Å². The van der Waals surface area contributed by atoms with Crippen LogP contribution in [-0.2, 0) is 13.5 Å². The van der Waals surface area contributed by atoms with Crippen molar-refractivity contribution in [1.82, 2.24) is 4.57 Å². The van der Waals surface area contributed by atoms with E-state index in [9.17, 15) is 0 Å². The van der Waals surface area contributed by atoms with E-state index in [-0.39, 0.29) is 0 Å². The predicted molar refractivity (Wildman–Crippen MR) is 59.9 cm³/mol. The van der Waals surface area contributed by atoms with Gasteiger partial charge in [-0.25, -0.2) is 0 Å². The number of fused-ring (bicyclic) bond motifs is 1. The highest BCUT2D eigenvalue weighted by atomic mass is 79.9. The first-order valence-electron chi connectivity index (χ1n) is 4.33. The number of hydrogen-bond donors (Lipinski definition) is 0. The number of nitrogens with zero attached hydrogens (tertiary/aromatic N) is 2. The Balaban J connectivity index is 2.80. The van der Waals surface area contributed by atoms with Gasteiger partial charge in [-0.15, -0.1) is 0 Å². The maximum Gasteiger partial charge on any atom is 0.0669 e. The molecule has 0 fully saturated rings. The molecule has 0 amide bonds. The van der Waals surface area contributed by atoms with Crippen LogP contribution in [0.1, 0.15) is 5.56 Å². The highest BCUT2D eigenvalue weighted by Gasteiger charge is 2.07. The minimum atomic E-state index is 0.458. The second kappa shape index (κ2) is 3.47. The predicted octanol–water partition coefficient (Wildman–Crippen LogP) is 3.01. The molecule has 0 aliphatic heterocycles. The summed E-state index contributed by atoms with van der Waals surface area (Å²) in [5, 5.41) is 9.85. The van der Waals surface area contributed by atoms with Crippen molar-refractivity contribution >= 4 is 26.8 Å². The number of nitriles is 1. The molecule has 14 heavy (non-hydrogen) atoms. The Bertz CT molecular complexity index is 520. The Kier molecular flexibility index (Phi) is 2.30. The van der Waals surface area contributed by atoms with E-state index in [4.69, 9.17) is 5.26 Å². The quantitative estimate of drug-likeness (QED) is 0.763. The maximum absolute atomic E-state index is 8.70. The molecule has 0 atom stereocenters. The van der Waals surface area contributed by atoms with Crippen molar-refractivity contribution in [3.63, 3.8) is 0 Å². The van der Waals surface area contributed by atoms with Gasteiger partial charge in [0.05, 0.1) is 12.5 Å². The van der Waals surface area contributed by atoms with Crippen molar-refractivity contribution in [3.8, 4) is 6.07 Å². The molecule has 1 aromatic heterocycles. The monoisotopic (exact) mass is 248 g/mol. The number of aromatic nitrogens is 1. The lowest BCUT2D eigenvalue weighted by Crippen LogP contribution is -1.86. The van der Waals surface area contributed by atoms with Crippen molar-refractivity contribution in [3.05, 3.63) is 34.4 Å². The average molecular weight is 249 g/mol. The fraction of sp³-hybridized carbons (Fsp3) is 0.182. The standard InChI is InChI=1S/C11H9BrN2/c1-14-7-9(12)11-8(5-6-13)3-2-4-10(11)14/h2-4,7H,5H2,1H3. The zero-order valence-corrected chi connectivity index (χ0v) is 9.37. The minimum Gasteiger partial charge on any atom is -0.349 e. The second-order valence-electron chi connectivity index (χ2n) is 3.23. The van der Waals surface area contributed by atoms with Crippen molar-refractivity contribution in [1.29, 1.82) is 5.26 Å². The summed E-state index contributed by atoms with van der Waals surface area (Å²) >= 11 is 3.51. The van der Waals surface area contributed by atoms with E-state index < -0.39 is 0 Å². The Morgan fingerprint density at radius 1 is 1.50 bits per heavy atom. The molecule has 0 aliphatic rings. The molecule has 0 radical (unpaired) electrons. The highest BCUT2D eigenvalue weighted by molar-refractivity contribution is 9.10. The van der Waals surface area contributed by atoms with Crippen LogP contribution in [0.3, 0.4) is 0 Å². The highest BCUT2D eigenvalue weighted by Crippen LogP contribution is 2.28. The molecule has 1 heterocycles. The van der Waals surface area contributed by atoms with Gasteiger partial charge < -0.3 is 4.57 Å². The molecule has 2 aromatic rings. The van der Waals surface area contributed by atoms with E-state index in [1.807, 2.05) is 25.4 Å². The lowest BCUT2D eigenvalue weighted by molar-refractivity contribution is 0.966. The fourth-order valence-corrected chi connectivity index (χ4v) is 2.46. The van der Waals surface area contributed by atoms with Crippen LogP contribution in [0.4, 0.5) is 0 Å². The summed E-state index contributed by atoms with van der Waals surface area (Å²) in [4.78, 5) is 0. The smallest absolute Gasteiger partial charge is 0.0669 e. The van der Waals surface area contributed by atoms with Crippen molar-refractivity contribution in [2.75, 3.05) is 0 Å². The molecule has 0 spiro atoms. The number of rotatable bonds is 1. The molecule has 2 nitrogen and oxygen atoms in total. The summed E-state index contributed by atoms with van der Waals surface area (Å²) in [5.41, 5.74) is 2.24. The molecule has 0 aliphatic carbocycles. The number of benzene rings is 1. The van der Waals surface area contributed by atoms with Gasteiger partial charge in [-0.3, -0.25) is 0 Å².